The molecule has 23 heavy (non-hydrogen) atoms. The van der Waals surface area contributed by atoms with E-state index < -0.39 is 0 Å². The summed E-state index contributed by atoms with van der Waals surface area (Å²) in [6, 6.07) is 7.92. The number of H-pyrrole nitrogens is 1. The predicted octanol–water partition coefficient (Wildman–Crippen LogP) is 3.21. The van der Waals surface area contributed by atoms with Crippen molar-refractivity contribution in [2.75, 3.05) is 11.1 Å². The lowest BCUT2D eigenvalue weighted by Crippen LogP contribution is -2.14. The van der Waals surface area contributed by atoms with Gasteiger partial charge >= 0.3 is 0 Å². The zero-order chi connectivity index (χ0) is 16.2. The third-order valence-electron chi connectivity index (χ3n) is 3.39. The van der Waals surface area contributed by atoms with Crippen molar-refractivity contribution < 1.29 is 4.79 Å². The summed E-state index contributed by atoms with van der Waals surface area (Å²) >= 11 is 1.36. The van der Waals surface area contributed by atoms with Gasteiger partial charge in [0.25, 0.3) is 0 Å². The normalized spacial score (nSPS) is 11.1. The molecule has 2 heterocycles. The maximum absolute atomic E-state index is 12.1. The topological polar surface area (TPSA) is 83.6 Å². The summed E-state index contributed by atoms with van der Waals surface area (Å²) in [5, 5.41) is 3.61. The average Bonchev–Trinajstić information content (AvgIpc) is 3.02. The number of aromatic nitrogens is 4. The summed E-state index contributed by atoms with van der Waals surface area (Å²) < 4.78 is 0. The molecule has 3 aromatic rings. The molecule has 0 unspecified atom stereocenters. The third-order valence-corrected chi connectivity index (χ3v) is 4.38. The highest BCUT2D eigenvalue weighted by Gasteiger charge is 2.09. The molecule has 2 aromatic heterocycles. The molecule has 0 aliphatic rings. The van der Waals surface area contributed by atoms with Crippen LogP contribution in [-0.4, -0.2) is 31.6 Å². The van der Waals surface area contributed by atoms with E-state index in [1.165, 1.54) is 23.7 Å². The predicted molar refractivity (Wildman–Crippen MR) is 91.6 cm³/mol. The van der Waals surface area contributed by atoms with E-state index in [2.05, 4.69) is 39.1 Å². The molecule has 0 saturated carbocycles. The van der Waals surface area contributed by atoms with E-state index in [1.54, 1.807) is 6.33 Å². The summed E-state index contributed by atoms with van der Waals surface area (Å²) in [6.07, 6.45) is 3.02. The van der Waals surface area contributed by atoms with Crippen molar-refractivity contribution in [3.63, 3.8) is 0 Å². The van der Waals surface area contributed by atoms with Crippen LogP contribution in [0.1, 0.15) is 25.3 Å². The van der Waals surface area contributed by atoms with Crippen LogP contribution in [0.5, 0.6) is 0 Å². The molecular weight excluding hydrogens is 310 g/mol. The van der Waals surface area contributed by atoms with Crippen molar-refractivity contribution in [3.8, 4) is 0 Å². The van der Waals surface area contributed by atoms with E-state index in [-0.39, 0.29) is 11.7 Å². The molecule has 0 aliphatic carbocycles. The first-order valence-corrected chi connectivity index (χ1v) is 8.28. The molecule has 0 atom stereocenters. The van der Waals surface area contributed by atoms with E-state index in [9.17, 15) is 4.79 Å². The van der Waals surface area contributed by atoms with Gasteiger partial charge < -0.3 is 10.3 Å². The fourth-order valence-electron chi connectivity index (χ4n) is 2.13. The Bertz CT molecular complexity index is 813. The number of amides is 1. The highest BCUT2D eigenvalue weighted by Crippen LogP contribution is 2.22. The number of rotatable bonds is 5. The lowest BCUT2D eigenvalue weighted by Gasteiger charge is -2.08. The Morgan fingerprint density at radius 2 is 2.00 bits per heavy atom. The Morgan fingerprint density at radius 1 is 1.22 bits per heavy atom. The number of anilines is 1. The van der Waals surface area contributed by atoms with Gasteiger partial charge in [0.2, 0.25) is 5.91 Å². The monoisotopic (exact) mass is 327 g/mol. The van der Waals surface area contributed by atoms with Gasteiger partial charge in [-0.05, 0) is 23.6 Å². The molecule has 0 saturated heterocycles. The number of fused-ring (bicyclic) bond motifs is 1. The van der Waals surface area contributed by atoms with Gasteiger partial charge in [0, 0.05) is 5.69 Å². The first-order chi connectivity index (χ1) is 11.1. The van der Waals surface area contributed by atoms with Crippen LogP contribution >= 0.6 is 11.8 Å². The Hall–Kier alpha value is -2.41. The second-order valence-electron chi connectivity index (χ2n) is 5.39. The number of thioether (sulfide) groups is 1. The van der Waals surface area contributed by atoms with Gasteiger partial charge in [0.1, 0.15) is 16.9 Å². The van der Waals surface area contributed by atoms with Crippen LogP contribution in [-0.2, 0) is 4.79 Å². The minimum Gasteiger partial charge on any atom is -0.341 e. The number of carbonyl (C=O) groups excluding carboxylic acids is 1. The van der Waals surface area contributed by atoms with Crippen molar-refractivity contribution in [1.82, 2.24) is 19.9 Å². The highest BCUT2D eigenvalue weighted by atomic mass is 32.2. The van der Waals surface area contributed by atoms with Gasteiger partial charge in [0.05, 0.1) is 12.1 Å². The van der Waals surface area contributed by atoms with Crippen molar-refractivity contribution in [3.05, 3.63) is 42.5 Å². The lowest BCUT2D eigenvalue weighted by molar-refractivity contribution is -0.113. The van der Waals surface area contributed by atoms with E-state index in [4.69, 9.17) is 0 Å². The van der Waals surface area contributed by atoms with Crippen LogP contribution < -0.4 is 5.32 Å². The number of imidazole rings is 1. The largest absolute Gasteiger partial charge is 0.341 e. The number of hydrogen-bond acceptors (Lipinski definition) is 5. The molecular formula is C16H17N5OS. The fraction of sp³-hybridized carbons (Fsp3) is 0.250. The summed E-state index contributed by atoms with van der Waals surface area (Å²) in [4.78, 5) is 27.4. The first-order valence-electron chi connectivity index (χ1n) is 7.30. The smallest absolute Gasteiger partial charge is 0.234 e. The van der Waals surface area contributed by atoms with Crippen LogP contribution in [0.25, 0.3) is 11.2 Å². The standard InChI is InChI=1S/C16H17N5OS/c1-10(2)11-3-5-12(6-4-11)21-13(22)7-23-16-14-15(18-8-17-14)19-9-20-16/h3-6,8-10H,7H2,1-2H3,(H,21,22)(H,17,18,19,20). The van der Waals surface area contributed by atoms with Crippen molar-refractivity contribution in [2.24, 2.45) is 0 Å². The van der Waals surface area contributed by atoms with Crippen LogP contribution in [0.2, 0.25) is 0 Å². The van der Waals surface area contributed by atoms with Gasteiger partial charge in [-0.2, -0.15) is 0 Å². The molecule has 6 nitrogen and oxygen atoms in total. The van der Waals surface area contributed by atoms with Crippen molar-refractivity contribution >= 4 is 34.5 Å². The molecule has 0 bridgehead atoms. The molecule has 118 valence electrons. The molecule has 0 aliphatic heterocycles. The summed E-state index contributed by atoms with van der Waals surface area (Å²) in [5.41, 5.74) is 3.41. The molecule has 2 N–H and O–H groups in total. The number of nitrogens with zero attached hydrogens (tertiary/aromatic N) is 3. The molecule has 0 radical (unpaired) electrons. The molecule has 0 fully saturated rings. The van der Waals surface area contributed by atoms with Gasteiger partial charge in [-0.1, -0.05) is 37.7 Å². The second kappa shape index (κ2) is 6.78. The summed E-state index contributed by atoms with van der Waals surface area (Å²) in [6.45, 7) is 4.28. The summed E-state index contributed by atoms with van der Waals surface area (Å²) in [7, 11) is 0. The number of benzene rings is 1. The van der Waals surface area contributed by atoms with Gasteiger partial charge in [-0.3, -0.25) is 4.79 Å². The third kappa shape index (κ3) is 3.68. The maximum atomic E-state index is 12.1. The fourth-order valence-corrected chi connectivity index (χ4v) is 2.89. The summed E-state index contributed by atoms with van der Waals surface area (Å²) in [5.74, 6) is 0.681. The molecule has 0 spiro atoms. The zero-order valence-electron chi connectivity index (χ0n) is 12.9. The Balaban J connectivity index is 1.60. The number of aromatic amines is 1. The molecule has 1 aromatic carbocycles. The van der Waals surface area contributed by atoms with E-state index in [0.717, 1.165) is 16.2 Å². The Labute approximate surface area is 138 Å². The number of carbonyl (C=O) groups is 1. The molecule has 3 rings (SSSR count). The van der Waals surface area contributed by atoms with Gasteiger partial charge in [-0.15, -0.1) is 0 Å². The van der Waals surface area contributed by atoms with Crippen molar-refractivity contribution in [1.29, 1.82) is 0 Å². The van der Waals surface area contributed by atoms with E-state index >= 15 is 0 Å². The first kappa shape index (κ1) is 15.5. The Morgan fingerprint density at radius 3 is 2.74 bits per heavy atom. The van der Waals surface area contributed by atoms with E-state index in [1.807, 2.05) is 24.3 Å². The van der Waals surface area contributed by atoms with Crippen LogP contribution in [0.15, 0.2) is 41.9 Å². The second-order valence-corrected chi connectivity index (χ2v) is 6.36. The minimum atomic E-state index is -0.0708. The maximum Gasteiger partial charge on any atom is 0.234 e. The Kier molecular flexibility index (Phi) is 4.57. The van der Waals surface area contributed by atoms with Gasteiger partial charge in [0.15, 0.2) is 5.65 Å². The van der Waals surface area contributed by atoms with Crippen LogP contribution in [0, 0.1) is 0 Å². The SMILES string of the molecule is CC(C)c1ccc(NC(=O)CSc2ncnc3nc[nH]c23)cc1. The number of nitrogens with one attached hydrogen (secondary N) is 2. The van der Waals surface area contributed by atoms with Gasteiger partial charge in [-0.25, -0.2) is 15.0 Å². The van der Waals surface area contributed by atoms with Crippen LogP contribution in [0.4, 0.5) is 5.69 Å². The minimum absolute atomic E-state index is 0.0708. The molecule has 1 amide bonds. The lowest BCUT2D eigenvalue weighted by atomic mass is 10.0. The highest BCUT2D eigenvalue weighted by molar-refractivity contribution is 8.00. The zero-order valence-corrected chi connectivity index (χ0v) is 13.7. The van der Waals surface area contributed by atoms with Crippen LogP contribution in [0.3, 0.4) is 0 Å². The number of hydrogen-bond donors (Lipinski definition) is 2. The van der Waals surface area contributed by atoms with E-state index in [0.29, 0.717) is 11.6 Å². The van der Waals surface area contributed by atoms with Crippen molar-refractivity contribution in [2.45, 2.75) is 24.8 Å². The molecule has 7 heteroatoms. The quantitative estimate of drug-likeness (QED) is 0.555. The average molecular weight is 327 g/mol.